The molecule has 0 amide bonds. The van der Waals surface area contributed by atoms with E-state index in [0.717, 1.165) is 32.3 Å². The molecule has 350 valence electrons. The van der Waals surface area contributed by atoms with E-state index in [1.807, 2.05) is 55.5 Å². The van der Waals surface area contributed by atoms with Crippen LogP contribution in [0.15, 0.2) is 102 Å². The van der Waals surface area contributed by atoms with E-state index < -0.39 is 37.2 Å². The number of carbonyl (C=O) groups is 2. The van der Waals surface area contributed by atoms with Gasteiger partial charge >= 0.3 is 11.9 Å². The maximum Gasteiger partial charge on any atom is 0.323 e. The number of ether oxygens (including phenoxy) is 4. The summed E-state index contributed by atoms with van der Waals surface area (Å²) in [5.41, 5.74) is 7.31. The first kappa shape index (κ1) is 50.6. The lowest BCUT2D eigenvalue weighted by molar-refractivity contribution is -0.141. The fraction of sp³-hybridized carbons (Fsp3) is 0.224. The highest BCUT2D eigenvalue weighted by Crippen LogP contribution is 2.39. The van der Waals surface area contributed by atoms with E-state index >= 15 is 0 Å². The largest absolute Gasteiger partial charge is 0.488 e. The molecule has 6 aromatic rings. The van der Waals surface area contributed by atoms with Crippen LogP contribution in [0.25, 0.3) is 11.1 Å². The minimum atomic E-state index is -1.23. The van der Waals surface area contributed by atoms with Crippen molar-refractivity contribution < 1.29 is 49.0 Å². The maximum absolute atomic E-state index is 11.6. The third-order valence-electron chi connectivity index (χ3n) is 10.5. The number of aliphatic hydroxyl groups excluding tert-OH is 2. The summed E-state index contributed by atoms with van der Waals surface area (Å²) < 4.78 is 25.6. The maximum atomic E-state index is 11.6. The number of carboxylic acid groups (broad SMARTS) is 2. The highest BCUT2D eigenvalue weighted by molar-refractivity contribution is 9.10. The van der Waals surface area contributed by atoms with Gasteiger partial charge in [0.25, 0.3) is 0 Å². The van der Waals surface area contributed by atoms with E-state index in [2.05, 4.69) is 36.5 Å². The highest BCUT2D eigenvalue weighted by atomic mass is 79.9. The number of pyridine rings is 2. The Morgan fingerprint density at radius 3 is 1.53 bits per heavy atom. The average molecular weight is 1030 g/mol. The van der Waals surface area contributed by atoms with Gasteiger partial charge in [0.2, 0.25) is 0 Å². The summed E-state index contributed by atoms with van der Waals surface area (Å²) in [6.45, 7) is 0.962. The average Bonchev–Trinajstić information content (AvgIpc) is 3.33. The number of nitrogens with one attached hydrogen (secondary N) is 2. The zero-order valence-electron chi connectivity index (χ0n) is 36.2. The summed E-state index contributed by atoms with van der Waals surface area (Å²) in [4.78, 5) is 31.3. The zero-order valence-corrected chi connectivity index (χ0v) is 39.3. The number of nitrogens with zero attached hydrogens (tertiary/aromatic N) is 4. The van der Waals surface area contributed by atoms with Gasteiger partial charge in [-0.15, -0.1) is 0 Å². The van der Waals surface area contributed by atoms with Crippen LogP contribution in [-0.2, 0) is 49.1 Å². The van der Waals surface area contributed by atoms with Crippen LogP contribution in [0.2, 0.25) is 10.0 Å². The van der Waals surface area contributed by atoms with Gasteiger partial charge in [-0.3, -0.25) is 30.2 Å². The summed E-state index contributed by atoms with van der Waals surface area (Å²) in [6, 6.07) is 22.9. The number of hydrogen-bond acceptors (Lipinski definition) is 14. The third kappa shape index (κ3) is 13.2. The Bertz CT molecular complexity index is 2680. The quantitative estimate of drug-likeness (QED) is 0.0361. The van der Waals surface area contributed by atoms with Crippen molar-refractivity contribution in [3.05, 3.63) is 162 Å². The van der Waals surface area contributed by atoms with E-state index in [9.17, 15) is 40.5 Å². The molecule has 0 spiro atoms. The van der Waals surface area contributed by atoms with Crippen molar-refractivity contribution in [2.45, 2.75) is 58.5 Å². The predicted molar refractivity (Wildman–Crippen MR) is 253 cm³/mol. The Labute approximate surface area is 409 Å². The van der Waals surface area contributed by atoms with E-state index in [-0.39, 0.29) is 55.3 Å². The van der Waals surface area contributed by atoms with Gasteiger partial charge in [0.1, 0.15) is 73.6 Å². The van der Waals surface area contributed by atoms with Crippen LogP contribution in [0.3, 0.4) is 0 Å². The molecule has 19 heteroatoms. The number of aromatic nitrogens is 2. The molecule has 6 N–H and O–H groups in total. The second-order valence-electron chi connectivity index (χ2n) is 15.1. The first-order chi connectivity index (χ1) is 32.8. The SMILES string of the molecule is Cc1c(COc2cc(OCc3cncc(C#N)c3)c(CNC(CO)C(=O)O)cc2Cl)cccc1-c1cccc(COc2cc(OCc3cncc(C#N)c3)c(CNC(CO)C(=O)O)cc2Cl)c1Br. The van der Waals surface area contributed by atoms with Gasteiger partial charge in [0, 0.05) is 82.3 Å². The molecule has 0 saturated carbocycles. The van der Waals surface area contributed by atoms with Crippen LogP contribution in [0, 0.1) is 29.6 Å². The molecular weight excluding hydrogens is 983 g/mol. The van der Waals surface area contributed by atoms with Crippen LogP contribution >= 0.6 is 39.1 Å². The Hall–Kier alpha value is -6.80. The molecule has 2 unspecified atom stereocenters. The smallest absolute Gasteiger partial charge is 0.323 e. The number of aliphatic carboxylic acids is 2. The van der Waals surface area contributed by atoms with Crippen molar-refractivity contribution in [1.82, 2.24) is 20.6 Å². The van der Waals surface area contributed by atoms with Crippen molar-refractivity contribution in [3.8, 4) is 46.3 Å². The number of halogens is 3. The summed E-state index contributed by atoms with van der Waals surface area (Å²) >= 11 is 17.3. The molecule has 4 aromatic carbocycles. The van der Waals surface area contributed by atoms with Gasteiger partial charge < -0.3 is 39.4 Å². The lowest BCUT2D eigenvalue weighted by atomic mass is 9.95. The third-order valence-corrected chi connectivity index (χ3v) is 12.0. The van der Waals surface area contributed by atoms with Gasteiger partial charge in [-0.1, -0.05) is 59.6 Å². The van der Waals surface area contributed by atoms with Crippen LogP contribution in [0.5, 0.6) is 23.0 Å². The van der Waals surface area contributed by atoms with Crippen LogP contribution < -0.4 is 29.6 Å². The number of aliphatic hydroxyl groups is 2. The Kier molecular flexibility index (Phi) is 18.1. The second kappa shape index (κ2) is 24.3. The van der Waals surface area contributed by atoms with Crippen LogP contribution in [0.4, 0.5) is 0 Å². The molecule has 16 nitrogen and oxygen atoms in total. The number of benzene rings is 4. The number of carboxylic acids is 2. The molecule has 0 aliphatic rings. The van der Waals surface area contributed by atoms with Crippen molar-refractivity contribution >= 4 is 51.1 Å². The Morgan fingerprint density at radius 2 is 1.07 bits per heavy atom. The van der Waals surface area contributed by atoms with Gasteiger partial charge in [-0.25, -0.2) is 0 Å². The Balaban J connectivity index is 1.20. The van der Waals surface area contributed by atoms with E-state index in [4.69, 9.17) is 42.1 Å². The first-order valence-electron chi connectivity index (χ1n) is 20.7. The van der Waals surface area contributed by atoms with E-state index in [1.54, 1.807) is 48.8 Å². The van der Waals surface area contributed by atoms with Crippen molar-refractivity contribution in [1.29, 1.82) is 10.5 Å². The van der Waals surface area contributed by atoms with Gasteiger partial charge in [0.15, 0.2) is 0 Å². The minimum Gasteiger partial charge on any atom is -0.488 e. The van der Waals surface area contributed by atoms with E-state index in [0.29, 0.717) is 50.6 Å². The number of rotatable bonds is 23. The lowest BCUT2D eigenvalue weighted by Crippen LogP contribution is -2.39. The van der Waals surface area contributed by atoms with Crippen molar-refractivity contribution in [3.63, 3.8) is 0 Å². The van der Waals surface area contributed by atoms with E-state index in [1.165, 1.54) is 12.4 Å². The Morgan fingerprint density at radius 1 is 0.632 bits per heavy atom. The molecule has 2 atom stereocenters. The number of nitriles is 2. The normalized spacial score (nSPS) is 11.8. The summed E-state index contributed by atoms with van der Waals surface area (Å²) in [6.07, 6.45) is 6.00. The van der Waals surface area contributed by atoms with Crippen LogP contribution in [0.1, 0.15) is 50.1 Å². The monoisotopic (exact) mass is 1020 g/mol. The van der Waals surface area contributed by atoms with Gasteiger partial charge in [-0.2, -0.15) is 10.5 Å². The molecule has 6 rings (SSSR count). The first-order valence-corrected chi connectivity index (χ1v) is 22.2. The molecule has 0 radical (unpaired) electrons. The fourth-order valence-electron chi connectivity index (χ4n) is 6.76. The highest BCUT2D eigenvalue weighted by Gasteiger charge is 2.21. The predicted octanol–water partition coefficient (Wildman–Crippen LogP) is 7.65. The second-order valence-corrected chi connectivity index (χ2v) is 16.7. The van der Waals surface area contributed by atoms with Gasteiger partial charge in [-0.05, 0) is 69.4 Å². The molecule has 68 heavy (non-hydrogen) atoms. The molecule has 0 aliphatic heterocycles. The van der Waals surface area contributed by atoms with Crippen LogP contribution in [-0.4, -0.2) is 67.6 Å². The fourth-order valence-corrected chi connectivity index (χ4v) is 7.84. The van der Waals surface area contributed by atoms with Crippen molar-refractivity contribution in [2.75, 3.05) is 13.2 Å². The standard InChI is InChI=1S/C49H43BrCl2N6O10/c1-28-33(26-67-45-12-43(65-24-31-8-29(14-53)16-55-18-31)35(10-39(45)51)20-57-41(22-59)48(61)62)4-2-6-37(28)38-7-3-5-34(47(38)50)27-68-46-13-44(66-25-32-9-30(15-54)17-56-19-32)36(11-40(46)52)21-58-42(23-60)49(63)64/h2-13,16-19,41-42,57-60H,20-27H2,1H3,(H,61,62)(H,63,64). The summed E-state index contributed by atoms with van der Waals surface area (Å²) in [5, 5.41) is 62.7. The topological polar surface area (TPSA) is 249 Å². The summed E-state index contributed by atoms with van der Waals surface area (Å²) in [7, 11) is 0. The van der Waals surface area contributed by atoms with Crippen molar-refractivity contribution in [2.24, 2.45) is 0 Å². The molecule has 0 aliphatic carbocycles. The molecule has 0 fully saturated rings. The molecular formula is C49H43BrCl2N6O10. The molecule has 0 bridgehead atoms. The zero-order chi connectivity index (χ0) is 48.7. The molecule has 2 heterocycles. The summed E-state index contributed by atoms with van der Waals surface area (Å²) in [5.74, 6) is -1.20. The van der Waals surface area contributed by atoms with Gasteiger partial charge in [0.05, 0.1) is 34.4 Å². The lowest BCUT2D eigenvalue weighted by Gasteiger charge is -2.19. The minimum absolute atomic E-state index is 0.00288. The number of hydrogen-bond donors (Lipinski definition) is 6. The molecule has 0 saturated heterocycles. The molecule has 2 aromatic heterocycles.